The van der Waals surface area contributed by atoms with Gasteiger partial charge in [-0.15, -0.1) is 0 Å². The zero-order chi connectivity index (χ0) is 51.0. The Labute approximate surface area is 425 Å². The number of hydrogen-bond acceptors (Lipinski definition) is 11. The largest absolute Gasteiger partial charge is 0.457 e. The van der Waals surface area contributed by atoms with Gasteiger partial charge in [-0.2, -0.15) is 8.42 Å². The predicted octanol–water partition coefficient (Wildman–Crippen LogP) is 13.0. The van der Waals surface area contributed by atoms with Crippen LogP contribution in [0.25, 0.3) is 0 Å². The van der Waals surface area contributed by atoms with Crippen LogP contribution in [-0.4, -0.2) is 97.5 Å². The highest BCUT2D eigenvalue weighted by molar-refractivity contribution is 7.80. The van der Waals surface area contributed by atoms with E-state index in [1.165, 1.54) is 70.6 Å². The quantitative estimate of drug-likeness (QED) is 0.0197. The van der Waals surface area contributed by atoms with Crippen LogP contribution >= 0.6 is 0 Å². The van der Waals surface area contributed by atoms with Crippen molar-refractivity contribution in [3.63, 3.8) is 0 Å². The van der Waals surface area contributed by atoms with Crippen molar-refractivity contribution in [2.45, 2.75) is 230 Å². The van der Waals surface area contributed by atoms with Gasteiger partial charge >= 0.3 is 16.4 Å². The zero-order valence-electron chi connectivity index (χ0n) is 43.3. The average Bonchev–Trinajstić information content (AvgIpc) is 3.34. The molecule has 12 nitrogen and oxygen atoms in total. The van der Waals surface area contributed by atoms with Crippen LogP contribution in [0, 0.1) is 0 Å². The third-order valence-corrected chi connectivity index (χ3v) is 12.2. The second-order valence-electron chi connectivity index (χ2n) is 18.1. The minimum absolute atomic E-state index is 0.00560. The van der Waals surface area contributed by atoms with Crippen molar-refractivity contribution in [1.29, 1.82) is 0 Å². The minimum atomic E-state index is -5.08. The van der Waals surface area contributed by atoms with E-state index in [0.717, 1.165) is 96.3 Å². The number of rotatable bonds is 46. The van der Waals surface area contributed by atoms with Crippen LogP contribution in [0.4, 0.5) is 0 Å². The van der Waals surface area contributed by atoms with Crippen molar-refractivity contribution in [2.24, 2.45) is 0 Å². The van der Waals surface area contributed by atoms with E-state index in [9.17, 15) is 33.1 Å². The van der Waals surface area contributed by atoms with E-state index < -0.39 is 59.8 Å². The number of aliphatic hydroxyl groups excluding tert-OH is 3. The summed E-state index contributed by atoms with van der Waals surface area (Å²) in [6.45, 7) is 3.78. The van der Waals surface area contributed by atoms with Crippen molar-refractivity contribution in [2.75, 3.05) is 26.4 Å². The number of carbonyl (C=O) groups is 1. The highest BCUT2D eigenvalue weighted by Gasteiger charge is 2.48. The normalized spacial score (nSPS) is 19.9. The molecule has 0 aliphatic carbocycles. The van der Waals surface area contributed by atoms with Crippen molar-refractivity contribution in [3.8, 4) is 0 Å². The number of unbranched alkanes of at least 4 members (excludes halogenated alkanes) is 17. The van der Waals surface area contributed by atoms with Gasteiger partial charge in [-0.3, -0.25) is 9.35 Å². The van der Waals surface area contributed by atoms with Gasteiger partial charge in [-0.25, -0.2) is 4.18 Å². The Hall–Kier alpha value is -2.98. The average molecular weight is 1010 g/mol. The summed E-state index contributed by atoms with van der Waals surface area (Å²) in [5, 5.41) is 30.8. The van der Waals surface area contributed by atoms with E-state index >= 15 is 0 Å². The van der Waals surface area contributed by atoms with Crippen LogP contribution in [0.15, 0.2) is 97.2 Å². The molecule has 70 heavy (non-hydrogen) atoms. The molecule has 6 unspecified atom stereocenters. The Kier molecular flexibility index (Phi) is 43.7. The van der Waals surface area contributed by atoms with Gasteiger partial charge in [0.05, 0.1) is 19.8 Å². The van der Waals surface area contributed by atoms with Crippen LogP contribution in [0.2, 0.25) is 0 Å². The lowest BCUT2D eigenvalue weighted by Crippen LogP contribution is -2.60. The molecular weight excluding hydrogens is 909 g/mol. The van der Waals surface area contributed by atoms with Gasteiger partial charge < -0.3 is 34.3 Å². The Morgan fingerprint density at radius 1 is 0.557 bits per heavy atom. The molecule has 1 heterocycles. The lowest BCUT2D eigenvalue weighted by atomic mass is 9.99. The van der Waals surface area contributed by atoms with Crippen LogP contribution in [-0.2, 0) is 38.3 Å². The highest BCUT2D eigenvalue weighted by atomic mass is 32.3. The van der Waals surface area contributed by atoms with E-state index in [2.05, 4.69) is 115 Å². The fourth-order valence-electron chi connectivity index (χ4n) is 7.65. The van der Waals surface area contributed by atoms with Gasteiger partial charge in [-0.1, -0.05) is 188 Å². The Morgan fingerprint density at radius 2 is 0.986 bits per heavy atom. The number of ether oxygens (including phenoxy) is 4. The molecule has 0 amide bonds. The lowest BCUT2D eigenvalue weighted by Gasteiger charge is -2.41. The first-order chi connectivity index (χ1) is 34.1. The molecule has 0 saturated carbocycles. The predicted molar refractivity (Wildman–Crippen MR) is 285 cm³/mol. The molecule has 0 aromatic rings. The molecule has 0 bridgehead atoms. The van der Waals surface area contributed by atoms with Crippen molar-refractivity contribution >= 4 is 16.4 Å². The van der Waals surface area contributed by atoms with Gasteiger partial charge in [0, 0.05) is 13.0 Å². The first-order valence-corrected chi connectivity index (χ1v) is 28.4. The maximum Gasteiger partial charge on any atom is 0.397 e. The van der Waals surface area contributed by atoms with Gasteiger partial charge in [0.15, 0.2) is 6.29 Å². The summed E-state index contributed by atoms with van der Waals surface area (Å²) < 4.78 is 59.3. The number of aliphatic hydroxyl groups is 3. The maximum atomic E-state index is 12.9. The van der Waals surface area contributed by atoms with E-state index in [-0.39, 0.29) is 19.6 Å². The smallest absolute Gasteiger partial charge is 0.397 e. The number of hydrogen-bond donors (Lipinski definition) is 4. The van der Waals surface area contributed by atoms with Gasteiger partial charge in [0.2, 0.25) is 0 Å². The van der Waals surface area contributed by atoms with E-state index in [1.807, 2.05) is 0 Å². The third kappa shape index (κ3) is 39.6. The molecule has 6 atom stereocenters. The zero-order valence-corrected chi connectivity index (χ0v) is 44.1. The molecule has 13 heteroatoms. The SMILES string of the molecule is CC/C=C\C/C=C\C/C=C\C/C=C\C/C=C\C/C=C\CCCCCOCC(COC1OC(CO)C(O)C(OS(=O)(=O)O)C1O)OC(=O)CCCCCCCCCCC/C=C\C/C=C\CCCCCCC. The number of allylic oxidation sites excluding steroid dienone is 16. The van der Waals surface area contributed by atoms with Crippen LogP contribution in [0.3, 0.4) is 0 Å². The standard InChI is InChI=1S/C57H96O12S/c1-3-5-7-9-11-13-15-17-19-21-23-25-27-29-31-33-35-37-39-41-43-45-47-65-49-51(50-66-57-55(61)56(69-70(62,63)64)54(60)52(48-58)68-57)67-53(59)46-44-42-40-38-36-34-32-30-28-26-24-22-20-18-16-14-12-10-8-6-4-2/h5,7,11,13,16-19,22-25,29,31,35,37,51-52,54-58,60-61H,3-4,6,8-10,12,14-15,20-21,26-28,30,32-34,36,38-50H2,1-2H3,(H,62,63,64)/b7-5-,13-11-,18-16-,19-17-,24-22-,25-23-,31-29-,37-35-. The molecule has 1 saturated heterocycles. The third-order valence-electron chi connectivity index (χ3n) is 11.7. The van der Waals surface area contributed by atoms with Crippen molar-refractivity contribution in [3.05, 3.63) is 97.2 Å². The Balaban J connectivity index is 2.39. The summed E-state index contributed by atoms with van der Waals surface area (Å²) in [6.07, 6.45) is 55.8. The minimum Gasteiger partial charge on any atom is -0.457 e. The Morgan fingerprint density at radius 3 is 1.44 bits per heavy atom. The van der Waals surface area contributed by atoms with E-state index in [0.29, 0.717) is 13.0 Å². The van der Waals surface area contributed by atoms with Gasteiger partial charge in [0.25, 0.3) is 0 Å². The summed E-state index contributed by atoms with van der Waals surface area (Å²) >= 11 is 0. The summed E-state index contributed by atoms with van der Waals surface area (Å²) in [5.41, 5.74) is 0. The summed E-state index contributed by atoms with van der Waals surface area (Å²) in [7, 11) is -5.08. The lowest BCUT2D eigenvalue weighted by molar-refractivity contribution is -0.301. The van der Waals surface area contributed by atoms with Crippen LogP contribution in [0.5, 0.6) is 0 Å². The molecule has 1 fully saturated rings. The number of esters is 1. The van der Waals surface area contributed by atoms with Crippen LogP contribution < -0.4 is 0 Å². The van der Waals surface area contributed by atoms with Crippen molar-refractivity contribution in [1.82, 2.24) is 0 Å². The molecule has 0 aromatic carbocycles. The van der Waals surface area contributed by atoms with E-state index in [4.69, 9.17) is 18.9 Å². The molecule has 0 spiro atoms. The molecule has 0 radical (unpaired) electrons. The first-order valence-electron chi connectivity index (χ1n) is 27.0. The Bertz CT molecular complexity index is 1580. The van der Waals surface area contributed by atoms with Crippen molar-refractivity contribution < 1.29 is 56.2 Å². The molecule has 1 rings (SSSR count). The molecule has 0 aromatic heterocycles. The number of carbonyl (C=O) groups excluding carboxylic acids is 1. The second-order valence-corrected chi connectivity index (χ2v) is 19.1. The summed E-state index contributed by atoms with van der Waals surface area (Å²) in [4.78, 5) is 12.9. The topological polar surface area (TPSA) is 178 Å². The van der Waals surface area contributed by atoms with Crippen LogP contribution in [0.1, 0.15) is 194 Å². The molecule has 402 valence electrons. The second kappa shape index (κ2) is 47.1. The van der Waals surface area contributed by atoms with E-state index in [1.54, 1.807) is 0 Å². The molecule has 1 aliphatic heterocycles. The fourth-order valence-corrected chi connectivity index (χ4v) is 8.16. The first kappa shape index (κ1) is 65.0. The molecule has 4 N–H and O–H groups in total. The molecule has 1 aliphatic rings. The molecular formula is C57H96O12S. The fraction of sp³-hybridized carbons (Fsp3) is 0.702. The summed E-state index contributed by atoms with van der Waals surface area (Å²) in [5.74, 6) is -0.419. The van der Waals surface area contributed by atoms with Gasteiger partial charge in [0.1, 0.15) is 30.5 Å². The monoisotopic (exact) mass is 1000 g/mol. The maximum absolute atomic E-state index is 12.9. The van der Waals surface area contributed by atoms with Gasteiger partial charge in [-0.05, 0) is 96.3 Å². The summed E-state index contributed by atoms with van der Waals surface area (Å²) in [6, 6.07) is 0. The highest BCUT2D eigenvalue weighted by Crippen LogP contribution is 2.26.